The van der Waals surface area contributed by atoms with E-state index in [4.69, 9.17) is 10.5 Å². The quantitative estimate of drug-likeness (QED) is 0.744. The Labute approximate surface area is 78.7 Å². The summed E-state index contributed by atoms with van der Waals surface area (Å²) in [5.41, 5.74) is 7.76. The lowest BCUT2D eigenvalue weighted by molar-refractivity contribution is 0.110. The molecule has 1 aromatic heterocycles. The molecule has 0 bridgehead atoms. The van der Waals surface area contributed by atoms with Crippen molar-refractivity contribution < 1.29 is 4.74 Å². The lowest BCUT2D eigenvalue weighted by Gasteiger charge is -2.11. The van der Waals surface area contributed by atoms with Crippen LogP contribution in [0.25, 0.3) is 0 Å². The van der Waals surface area contributed by atoms with E-state index in [1.54, 1.807) is 11.8 Å². The third kappa shape index (κ3) is 2.08. The molecule has 0 spiro atoms. The predicted molar refractivity (Wildman–Crippen MR) is 51.4 cm³/mol. The molecule has 0 saturated carbocycles. The lowest BCUT2D eigenvalue weighted by Crippen LogP contribution is -2.14. The first-order valence-electron chi connectivity index (χ1n) is 4.48. The lowest BCUT2D eigenvalue weighted by atomic mass is 10.1. The van der Waals surface area contributed by atoms with Crippen LogP contribution in [-0.2, 0) is 18.2 Å². The SMILES string of the molecule is CCc1nn(C)cc1C(CN)OC. The second-order valence-corrected chi connectivity index (χ2v) is 3.02. The van der Waals surface area contributed by atoms with Gasteiger partial charge in [-0.1, -0.05) is 6.92 Å². The fourth-order valence-electron chi connectivity index (χ4n) is 1.45. The molecule has 0 fully saturated rings. The maximum atomic E-state index is 5.59. The molecule has 0 amide bonds. The highest BCUT2D eigenvalue weighted by molar-refractivity contribution is 5.20. The minimum atomic E-state index is -0.0244. The molecule has 1 rings (SSSR count). The first kappa shape index (κ1) is 10.2. The van der Waals surface area contributed by atoms with E-state index in [0.717, 1.165) is 17.7 Å². The van der Waals surface area contributed by atoms with Crippen LogP contribution in [0.1, 0.15) is 24.3 Å². The largest absolute Gasteiger partial charge is 0.375 e. The maximum Gasteiger partial charge on any atom is 0.0976 e. The summed E-state index contributed by atoms with van der Waals surface area (Å²) in [7, 11) is 3.58. The average Bonchev–Trinajstić information content (AvgIpc) is 2.49. The number of aryl methyl sites for hydroxylation is 2. The van der Waals surface area contributed by atoms with Gasteiger partial charge in [0.1, 0.15) is 0 Å². The normalized spacial score (nSPS) is 13.2. The molecule has 0 aliphatic heterocycles. The van der Waals surface area contributed by atoms with E-state index in [2.05, 4.69) is 12.0 Å². The monoisotopic (exact) mass is 183 g/mol. The van der Waals surface area contributed by atoms with Gasteiger partial charge in [-0.3, -0.25) is 4.68 Å². The van der Waals surface area contributed by atoms with Crippen molar-refractivity contribution in [1.82, 2.24) is 9.78 Å². The Kier molecular flexibility index (Phi) is 3.45. The zero-order valence-electron chi connectivity index (χ0n) is 8.45. The molecule has 2 N–H and O–H groups in total. The van der Waals surface area contributed by atoms with Gasteiger partial charge >= 0.3 is 0 Å². The molecule has 13 heavy (non-hydrogen) atoms. The topological polar surface area (TPSA) is 53.1 Å². The molecular weight excluding hydrogens is 166 g/mol. The van der Waals surface area contributed by atoms with E-state index in [1.807, 2.05) is 13.2 Å². The Hall–Kier alpha value is -0.870. The van der Waals surface area contributed by atoms with Crippen LogP contribution in [0.2, 0.25) is 0 Å². The Balaban J connectivity index is 2.96. The number of aromatic nitrogens is 2. The van der Waals surface area contributed by atoms with E-state index in [0.29, 0.717) is 6.54 Å². The Bertz CT molecular complexity index is 266. The molecule has 4 heteroatoms. The number of hydrogen-bond donors (Lipinski definition) is 1. The first-order valence-corrected chi connectivity index (χ1v) is 4.48. The zero-order chi connectivity index (χ0) is 9.84. The molecule has 74 valence electrons. The van der Waals surface area contributed by atoms with Crippen molar-refractivity contribution in [2.24, 2.45) is 12.8 Å². The fraction of sp³-hybridized carbons (Fsp3) is 0.667. The second kappa shape index (κ2) is 4.39. The van der Waals surface area contributed by atoms with Crippen molar-refractivity contribution in [3.63, 3.8) is 0 Å². The van der Waals surface area contributed by atoms with E-state index < -0.39 is 0 Å². The van der Waals surface area contributed by atoms with Gasteiger partial charge < -0.3 is 10.5 Å². The number of nitrogens with zero attached hydrogens (tertiary/aromatic N) is 2. The number of nitrogens with two attached hydrogens (primary N) is 1. The van der Waals surface area contributed by atoms with Crippen molar-refractivity contribution in [3.05, 3.63) is 17.5 Å². The molecule has 0 aliphatic carbocycles. The Morgan fingerprint density at radius 2 is 2.38 bits per heavy atom. The van der Waals surface area contributed by atoms with Crippen molar-refractivity contribution in [1.29, 1.82) is 0 Å². The maximum absolute atomic E-state index is 5.59. The van der Waals surface area contributed by atoms with Crippen LogP contribution < -0.4 is 5.73 Å². The smallest absolute Gasteiger partial charge is 0.0976 e. The van der Waals surface area contributed by atoms with Crippen molar-refractivity contribution in [3.8, 4) is 0 Å². The molecule has 1 aromatic rings. The van der Waals surface area contributed by atoms with Crippen molar-refractivity contribution in [2.45, 2.75) is 19.4 Å². The molecule has 0 aliphatic rings. The minimum Gasteiger partial charge on any atom is -0.375 e. The summed E-state index contributed by atoms with van der Waals surface area (Å²) in [6.07, 6.45) is 2.86. The summed E-state index contributed by atoms with van der Waals surface area (Å²) < 4.78 is 7.06. The van der Waals surface area contributed by atoms with Crippen LogP contribution in [0.3, 0.4) is 0 Å². The van der Waals surface area contributed by atoms with Crippen LogP contribution in [0.15, 0.2) is 6.20 Å². The van der Waals surface area contributed by atoms with Gasteiger partial charge in [0, 0.05) is 32.5 Å². The van der Waals surface area contributed by atoms with Crippen LogP contribution in [0.5, 0.6) is 0 Å². The molecular formula is C9H17N3O. The molecule has 0 saturated heterocycles. The van der Waals surface area contributed by atoms with E-state index >= 15 is 0 Å². The minimum absolute atomic E-state index is 0.0244. The van der Waals surface area contributed by atoms with Gasteiger partial charge in [-0.05, 0) is 6.42 Å². The average molecular weight is 183 g/mol. The van der Waals surface area contributed by atoms with Gasteiger partial charge in [-0.2, -0.15) is 5.10 Å². The Morgan fingerprint density at radius 3 is 2.85 bits per heavy atom. The van der Waals surface area contributed by atoms with Gasteiger partial charge in [-0.15, -0.1) is 0 Å². The molecule has 0 aromatic carbocycles. The second-order valence-electron chi connectivity index (χ2n) is 3.02. The fourth-order valence-corrected chi connectivity index (χ4v) is 1.45. The van der Waals surface area contributed by atoms with Gasteiger partial charge in [0.25, 0.3) is 0 Å². The molecule has 0 radical (unpaired) electrons. The molecule has 4 nitrogen and oxygen atoms in total. The standard InChI is InChI=1S/C9H17N3O/c1-4-8-7(6-12(2)11-8)9(5-10)13-3/h6,9H,4-5,10H2,1-3H3. The number of rotatable bonds is 4. The van der Waals surface area contributed by atoms with Crippen molar-refractivity contribution >= 4 is 0 Å². The highest BCUT2D eigenvalue weighted by Crippen LogP contribution is 2.18. The predicted octanol–water partition coefficient (Wildman–Crippen LogP) is 0.629. The van der Waals surface area contributed by atoms with Gasteiger partial charge in [-0.25, -0.2) is 0 Å². The summed E-state index contributed by atoms with van der Waals surface area (Å²) in [4.78, 5) is 0. The highest BCUT2D eigenvalue weighted by Gasteiger charge is 2.15. The van der Waals surface area contributed by atoms with E-state index in [9.17, 15) is 0 Å². The zero-order valence-corrected chi connectivity index (χ0v) is 8.45. The highest BCUT2D eigenvalue weighted by atomic mass is 16.5. The van der Waals surface area contributed by atoms with Crippen LogP contribution in [0.4, 0.5) is 0 Å². The summed E-state index contributed by atoms with van der Waals surface area (Å²) in [5, 5.41) is 4.33. The number of hydrogen-bond acceptors (Lipinski definition) is 3. The summed E-state index contributed by atoms with van der Waals surface area (Å²) >= 11 is 0. The van der Waals surface area contributed by atoms with Crippen molar-refractivity contribution in [2.75, 3.05) is 13.7 Å². The molecule has 1 heterocycles. The molecule has 1 unspecified atom stereocenters. The van der Waals surface area contributed by atoms with E-state index in [-0.39, 0.29) is 6.10 Å². The van der Waals surface area contributed by atoms with Gasteiger partial charge in [0.05, 0.1) is 11.8 Å². The van der Waals surface area contributed by atoms with E-state index in [1.165, 1.54) is 0 Å². The Morgan fingerprint density at radius 1 is 1.69 bits per heavy atom. The van der Waals surface area contributed by atoms with Crippen LogP contribution in [-0.4, -0.2) is 23.4 Å². The summed E-state index contributed by atoms with van der Waals surface area (Å²) in [5.74, 6) is 0. The van der Waals surface area contributed by atoms with Crippen LogP contribution >= 0.6 is 0 Å². The third-order valence-corrected chi connectivity index (χ3v) is 2.12. The van der Waals surface area contributed by atoms with Gasteiger partial charge in [0.2, 0.25) is 0 Å². The van der Waals surface area contributed by atoms with Crippen LogP contribution in [0, 0.1) is 0 Å². The number of methoxy groups -OCH3 is 1. The van der Waals surface area contributed by atoms with Gasteiger partial charge in [0.15, 0.2) is 0 Å². The summed E-state index contributed by atoms with van der Waals surface area (Å²) in [6.45, 7) is 2.57. The molecule has 1 atom stereocenters. The third-order valence-electron chi connectivity index (χ3n) is 2.12. The number of ether oxygens (including phenoxy) is 1. The summed E-state index contributed by atoms with van der Waals surface area (Å²) in [6, 6.07) is 0. The first-order chi connectivity index (χ1) is 6.22.